The van der Waals surface area contributed by atoms with Gasteiger partial charge in [-0.25, -0.2) is 0 Å². The molecule has 1 N–H and O–H groups in total. The van der Waals surface area contributed by atoms with Crippen LogP contribution in [0.25, 0.3) is 0 Å². The average molecular weight is 214 g/mol. The second-order valence-electron chi connectivity index (χ2n) is 4.08. The number of nitrogens with zero attached hydrogens (tertiary/aromatic N) is 1. The zero-order valence-electron chi connectivity index (χ0n) is 9.95. The highest BCUT2D eigenvalue weighted by Crippen LogP contribution is 2.11. The lowest BCUT2D eigenvalue weighted by atomic mass is 10.1. The first kappa shape index (κ1) is 12.5. The number of ether oxygens (including phenoxy) is 1. The Morgan fingerprint density at radius 1 is 1.47 bits per heavy atom. The second kappa shape index (κ2) is 6.08. The monoisotopic (exact) mass is 214 g/mol. The highest BCUT2D eigenvalue weighted by Gasteiger charge is 2.27. The molecule has 88 valence electrons. The minimum Gasteiger partial charge on any atom is -0.468 e. The molecule has 0 amide bonds. The van der Waals surface area contributed by atoms with E-state index in [0.717, 1.165) is 25.9 Å². The highest BCUT2D eigenvalue weighted by atomic mass is 16.5. The molecule has 0 aromatic heterocycles. The van der Waals surface area contributed by atoms with Crippen LogP contribution in [0.4, 0.5) is 0 Å². The first-order chi connectivity index (χ1) is 7.21. The molecule has 1 aliphatic heterocycles. The number of hydrogen-bond donors (Lipinski definition) is 1. The summed E-state index contributed by atoms with van der Waals surface area (Å²) in [5, 5.41) is 3.50. The molecule has 0 aromatic carbocycles. The Hall–Kier alpha value is -0.610. The molecule has 4 nitrogen and oxygen atoms in total. The molecule has 0 bridgehead atoms. The molecular formula is C11H22N2O2. The minimum absolute atomic E-state index is 0.134. The van der Waals surface area contributed by atoms with E-state index in [2.05, 4.69) is 24.1 Å². The van der Waals surface area contributed by atoms with E-state index in [4.69, 9.17) is 4.74 Å². The second-order valence-corrected chi connectivity index (χ2v) is 4.08. The third-order valence-corrected chi connectivity index (χ3v) is 3.14. The number of piperazine rings is 1. The number of methoxy groups -OCH3 is 1. The Bertz CT molecular complexity index is 209. The van der Waals surface area contributed by atoms with Gasteiger partial charge in [0, 0.05) is 25.2 Å². The largest absolute Gasteiger partial charge is 0.468 e. The lowest BCUT2D eigenvalue weighted by Gasteiger charge is -2.39. The predicted molar refractivity (Wildman–Crippen MR) is 59.7 cm³/mol. The fraction of sp³-hybridized carbons (Fsp3) is 0.909. The first-order valence-electron chi connectivity index (χ1n) is 5.75. The van der Waals surface area contributed by atoms with E-state index in [1.165, 1.54) is 7.11 Å². The van der Waals surface area contributed by atoms with Crippen LogP contribution in [0.3, 0.4) is 0 Å². The normalized spacial score (nSPS) is 27.7. The molecule has 1 heterocycles. The summed E-state index contributed by atoms with van der Waals surface area (Å²) >= 11 is 0. The molecule has 0 saturated carbocycles. The maximum atomic E-state index is 11.3. The van der Waals surface area contributed by atoms with Crippen LogP contribution in [0.15, 0.2) is 0 Å². The van der Waals surface area contributed by atoms with Crippen molar-refractivity contribution in [2.75, 3.05) is 26.7 Å². The smallest absolute Gasteiger partial charge is 0.319 e. The van der Waals surface area contributed by atoms with E-state index >= 15 is 0 Å². The molecule has 0 spiro atoms. The third kappa shape index (κ3) is 3.47. The molecule has 0 aromatic rings. The zero-order chi connectivity index (χ0) is 11.3. The number of carbonyl (C=O) groups is 1. The zero-order valence-corrected chi connectivity index (χ0v) is 9.95. The average Bonchev–Trinajstić information content (AvgIpc) is 2.28. The van der Waals surface area contributed by atoms with Gasteiger partial charge in [-0.15, -0.1) is 0 Å². The van der Waals surface area contributed by atoms with E-state index in [0.29, 0.717) is 18.6 Å². The summed E-state index contributed by atoms with van der Waals surface area (Å²) in [5.41, 5.74) is 0. The van der Waals surface area contributed by atoms with Gasteiger partial charge in [-0.3, -0.25) is 9.69 Å². The van der Waals surface area contributed by atoms with Crippen LogP contribution in [0.2, 0.25) is 0 Å². The molecule has 0 aliphatic carbocycles. The number of nitrogens with one attached hydrogen (secondary N) is 1. The van der Waals surface area contributed by atoms with Crippen LogP contribution in [0.5, 0.6) is 0 Å². The number of rotatable bonds is 4. The van der Waals surface area contributed by atoms with Crippen LogP contribution in [0, 0.1) is 0 Å². The van der Waals surface area contributed by atoms with Crippen molar-refractivity contribution in [2.45, 2.75) is 38.8 Å². The Morgan fingerprint density at radius 3 is 2.73 bits per heavy atom. The molecule has 4 heteroatoms. The van der Waals surface area contributed by atoms with Crippen LogP contribution in [-0.2, 0) is 9.53 Å². The highest BCUT2D eigenvalue weighted by molar-refractivity contribution is 5.71. The molecule has 15 heavy (non-hydrogen) atoms. The van der Waals surface area contributed by atoms with Gasteiger partial charge in [0.1, 0.15) is 0 Å². The molecule has 2 unspecified atom stereocenters. The maximum Gasteiger partial charge on any atom is 0.319 e. The molecular weight excluding hydrogens is 192 g/mol. The van der Waals surface area contributed by atoms with Crippen LogP contribution < -0.4 is 5.32 Å². The van der Waals surface area contributed by atoms with Gasteiger partial charge in [0.25, 0.3) is 0 Å². The van der Waals surface area contributed by atoms with Crippen molar-refractivity contribution in [1.82, 2.24) is 10.2 Å². The number of hydrogen-bond acceptors (Lipinski definition) is 4. The summed E-state index contributed by atoms with van der Waals surface area (Å²) in [5.74, 6) is -0.134. The van der Waals surface area contributed by atoms with E-state index in [-0.39, 0.29) is 5.97 Å². The molecule has 0 radical (unpaired) electrons. The summed E-state index contributed by atoms with van der Waals surface area (Å²) < 4.78 is 4.71. The Labute approximate surface area is 92.0 Å². The van der Waals surface area contributed by atoms with Crippen LogP contribution in [-0.4, -0.2) is 49.7 Å². The van der Waals surface area contributed by atoms with Crippen molar-refractivity contribution in [3.63, 3.8) is 0 Å². The Balaban J connectivity index is 2.50. The van der Waals surface area contributed by atoms with Crippen molar-refractivity contribution >= 4 is 5.97 Å². The fourth-order valence-electron chi connectivity index (χ4n) is 2.03. The SMILES string of the molecule is CCC1CN(CC(=O)OC)C(CC)CN1. The van der Waals surface area contributed by atoms with Gasteiger partial charge in [0.2, 0.25) is 0 Å². The molecule has 1 rings (SSSR count). The topological polar surface area (TPSA) is 41.6 Å². The molecule has 2 atom stereocenters. The van der Waals surface area contributed by atoms with Gasteiger partial charge < -0.3 is 10.1 Å². The van der Waals surface area contributed by atoms with Crippen LogP contribution in [0.1, 0.15) is 26.7 Å². The number of esters is 1. The first-order valence-corrected chi connectivity index (χ1v) is 5.75. The summed E-state index contributed by atoms with van der Waals surface area (Å²) in [6.07, 6.45) is 2.18. The van der Waals surface area contributed by atoms with E-state index in [9.17, 15) is 4.79 Å². The minimum atomic E-state index is -0.134. The van der Waals surface area contributed by atoms with Gasteiger partial charge in [0.15, 0.2) is 0 Å². The summed E-state index contributed by atoms with van der Waals surface area (Å²) in [7, 11) is 1.45. The Morgan fingerprint density at radius 2 is 2.20 bits per heavy atom. The lowest BCUT2D eigenvalue weighted by molar-refractivity contribution is -0.143. The summed E-state index contributed by atoms with van der Waals surface area (Å²) in [4.78, 5) is 13.5. The van der Waals surface area contributed by atoms with Crippen molar-refractivity contribution in [3.05, 3.63) is 0 Å². The van der Waals surface area contributed by atoms with Crippen molar-refractivity contribution in [1.29, 1.82) is 0 Å². The van der Waals surface area contributed by atoms with Crippen molar-refractivity contribution < 1.29 is 9.53 Å². The quantitative estimate of drug-likeness (QED) is 0.697. The predicted octanol–water partition coefficient (Wildman–Crippen LogP) is 0.622. The Kier molecular flexibility index (Phi) is 5.05. The molecule has 1 saturated heterocycles. The van der Waals surface area contributed by atoms with E-state index < -0.39 is 0 Å². The summed E-state index contributed by atoms with van der Waals surface area (Å²) in [6, 6.07) is 0.976. The summed E-state index contributed by atoms with van der Waals surface area (Å²) in [6.45, 7) is 6.67. The molecule has 1 fully saturated rings. The van der Waals surface area contributed by atoms with Gasteiger partial charge in [-0.05, 0) is 12.8 Å². The van der Waals surface area contributed by atoms with Crippen LogP contribution >= 0.6 is 0 Å². The van der Waals surface area contributed by atoms with Gasteiger partial charge in [0.05, 0.1) is 13.7 Å². The third-order valence-electron chi connectivity index (χ3n) is 3.14. The number of carbonyl (C=O) groups excluding carboxylic acids is 1. The van der Waals surface area contributed by atoms with E-state index in [1.54, 1.807) is 0 Å². The standard InChI is InChI=1S/C11H22N2O2/c1-4-9-7-13(8-11(14)15-3)10(5-2)6-12-9/h9-10,12H,4-8H2,1-3H3. The van der Waals surface area contributed by atoms with Gasteiger partial charge >= 0.3 is 5.97 Å². The fourth-order valence-corrected chi connectivity index (χ4v) is 2.03. The maximum absolute atomic E-state index is 11.3. The van der Waals surface area contributed by atoms with Gasteiger partial charge in [-0.2, -0.15) is 0 Å². The van der Waals surface area contributed by atoms with Crippen molar-refractivity contribution in [3.8, 4) is 0 Å². The lowest BCUT2D eigenvalue weighted by Crippen LogP contribution is -2.57. The van der Waals surface area contributed by atoms with Crippen molar-refractivity contribution in [2.24, 2.45) is 0 Å². The van der Waals surface area contributed by atoms with Gasteiger partial charge in [-0.1, -0.05) is 13.8 Å². The molecule has 1 aliphatic rings. The van der Waals surface area contributed by atoms with E-state index in [1.807, 2.05) is 0 Å².